The third kappa shape index (κ3) is 8.49. The van der Waals surface area contributed by atoms with Crippen LogP contribution in [0.5, 0.6) is 0 Å². The van der Waals surface area contributed by atoms with Crippen LogP contribution in [0.1, 0.15) is 38.5 Å². The van der Waals surface area contributed by atoms with E-state index in [1.165, 1.54) is 0 Å². The minimum absolute atomic E-state index is 0.143. The van der Waals surface area contributed by atoms with Crippen LogP contribution in [0.15, 0.2) is 0 Å². The van der Waals surface area contributed by atoms with Gasteiger partial charge in [0.2, 0.25) is 0 Å². The highest BCUT2D eigenvalue weighted by atomic mass is 19.4. The van der Waals surface area contributed by atoms with Gasteiger partial charge in [-0.3, -0.25) is 0 Å². The van der Waals surface area contributed by atoms with Crippen molar-refractivity contribution in [1.82, 2.24) is 0 Å². The van der Waals surface area contributed by atoms with Crippen LogP contribution >= 0.6 is 0 Å². The van der Waals surface area contributed by atoms with Crippen LogP contribution in [-0.2, 0) is 9.47 Å². The van der Waals surface area contributed by atoms with E-state index in [0.29, 0.717) is 0 Å². The Labute approximate surface area is 261 Å². The van der Waals surface area contributed by atoms with E-state index >= 15 is 0 Å². The van der Waals surface area contributed by atoms with Crippen LogP contribution in [0.25, 0.3) is 0 Å². The minimum Gasteiger partial charge on any atom is -0.381 e. The van der Waals surface area contributed by atoms with Gasteiger partial charge in [0.05, 0.1) is 13.2 Å². The number of hydrogen-bond donors (Lipinski definition) is 0. The molecule has 2 nitrogen and oxygen atoms in total. The van der Waals surface area contributed by atoms with Crippen LogP contribution in [-0.4, -0.2) is 98.0 Å². The first-order valence-corrected chi connectivity index (χ1v) is 12.8. The van der Waals surface area contributed by atoms with Crippen molar-refractivity contribution < 1.29 is 124 Å². The topological polar surface area (TPSA) is 18.5 Å². The number of rotatable bonds is 21. The van der Waals surface area contributed by atoms with Crippen LogP contribution in [0, 0.1) is 0 Å². The third-order valence-corrected chi connectivity index (χ3v) is 6.44. The van der Waals surface area contributed by atoms with E-state index in [1.54, 1.807) is 0 Å². The molecule has 0 radical (unpaired) electrons. The minimum atomic E-state index is -8.08. The monoisotopic (exact) mass is 810 g/mol. The van der Waals surface area contributed by atoms with Crippen LogP contribution in [0.3, 0.4) is 0 Å². The molecule has 0 spiro atoms. The summed E-state index contributed by atoms with van der Waals surface area (Å²) in [6, 6.07) is 0. The Morgan fingerprint density at radius 2 is 0.460 bits per heavy atom. The summed E-state index contributed by atoms with van der Waals surface area (Å²) in [5, 5.41) is 0. The Morgan fingerprint density at radius 3 is 0.680 bits per heavy atom. The molecule has 0 aromatic heterocycles. The molecule has 50 heavy (non-hydrogen) atoms. The molecule has 0 aliphatic rings. The molecule has 0 aliphatic carbocycles. The number of ether oxygens (including phenoxy) is 2. The lowest BCUT2D eigenvalue weighted by Crippen LogP contribution is -2.70. The van der Waals surface area contributed by atoms with Crippen molar-refractivity contribution in [3.63, 3.8) is 0 Å². The highest BCUT2D eigenvalue weighted by Gasteiger charge is 2.92. The van der Waals surface area contributed by atoms with Crippen molar-refractivity contribution in [1.29, 1.82) is 0 Å². The second-order valence-corrected chi connectivity index (χ2v) is 10.1. The first-order chi connectivity index (χ1) is 21.7. The first-order valence-electron chi connectivity index (χ1n) is 12.8. The van der Waals surface area contributed by atoms with E-state index in [1.807, 2.05) is 0 Å². The van der Waals surface area contributed by atoms with Gasteiger partial charge in [0, 0.05) is 26.1 Å². The summed E-state index contributed by atoms with van der Waals surface area (Å²) in [6.07, 6.45) is -21.3. The van der Waals surface area contributed by atoms with Crippen molar-refractivity contribution in [2.24, 2.45) is 0 Å². The van der Waals surface area contributed by atoms with Gasteiger partial charge < -0.3 is 9.47 Å². The fourth-order valence-corrected chi connectivity index (χ4v) is 3.28. The lowest BCUT2D eigenvalue weighted by atomic mass is 9.93. The summed E-state index contributed by atoms with van der Waals surface area (Å²) in [5.74, 6) is -75.6. The zero-order chi connectivity index (χ0) is 40.5. The van der Waals surface area contributed by atoms with Gasteiger partial charge in [0.1, 0.15) is 0 Å². The number of alkyl halides is 26. The van der Waals surface area contributed by atoms with Crippen LogP contribution in [0.4, 0.5) is 114 Å². The molecule has 0 saturated carbocycles. The molecule has 0 rings (SSSR count). The van der Waals surface area contributed by atoms with Gasteiger partial charge in [-0.1, -0.05) is 12.8 Å². The van der Waals surface area contributed by atoms with Gasteiger partial charge in [-0.05, 0) is 12.8 Å². The molecular weight excluding hydrogens is 790 g/mol. The van der Waals surface area contributed by atoms with Crippen molar-refractivity contribution in [2.75, 3.05) is 26.4 Å². The molecule has 0 heterocycles. The van der Waals surface area contributed by atoms with Gasteiger partial charge in [0.15, 0.2) is 0 Å². The Bertz CT molecular complexity index is 991. The predicted molar refractivity (Wildman–Crippen MR) is 111 cm³/mol. The summed E-state index contributed by atoms with van der Waals surface area (Å²) in [6.45, 7) is -4.93. The molecule has 0 unspecified atom stereocenters. The standard InChI is InChI=1S/C22H20F26O2/c23-11(24,13(27,28)15(31,32)17(35,36)19(39,40)21(43,44)45)5-9-49-7-3-1-2-4-8-50-10-6-12(25,26)14(29,30)16(33,34)18(37,38)20(41,42)22(46,47)48/h1-10H2. The third-order valence-electron chi connectivity index (χ3n) is 6.44. The molecule has 0 atom stereocenters. The number of halogens is 26. The molecule has 302 valence electrons. The highest BCUT2D eigenvalue weighted by Crippen LogP contribution is 2.62. The summed E-state index contributed by atoms with van der Waals surface area (Å²) < 4.78 is 347. The first kappa shape index (κ1) is 48.1. The van der Waals surface area contributed by atoms with Crippen molar-refractivity contribution in [3.05, 3.63) is 0 Å². The SMILES string of the molecule is FC(F)(F)C(F)(F)C(F)(F)C(F)(F)C(F)(F)C(F)(F)CCOCCCCCCOCCC(F)(F)C(F)(F)C(F)(F)C(F)(F)C(F)(F)C(F)(F)F. The average Bonchev–Trinajstić information content (AvgIpc) is 2.91. The molecule has 0 amide bonds. The van der Waals surface area contributed by atoms with E-state index in [9.17, 15) is 114 Å². The van der Waals surface area contributed by atoms with E-state index in [2.05, 4.69) is 9.47 Å². The normalized spacial score (nSPS) is 16.0. The molecular formula is C22H20F26O2. The average molecular weight is 810 g/mol. The van der Waals surface area contributed by atoms with E-state index in [0.717, 1.165) is 0 Å². The fraction of sp³-hybridized carbons (Fsp3) is 1.00. The number of unbranched alkanes of at least 4 members (excludes halogenated alkanes) is 3. The molecule has 0 N–H and O–H groups in total. The summed E-state index contributed by atoms with van der Waals surface area (Å²) >= 11 is 0. The van der Waals surface area contributed by atoms with Gasteiger partial charge >= 0.3 is 71.6 Å². The van der Waals surface area contributed by atoms with Gasteiger partial charge in [0.25, 0.3) is 0 Å². The molecule has 0 saturated heterocycles. The van der Waals surface area contributed by atoms with Crippen LogP contribution < -0.4 is 0 Å². The lowest BCUT2D eigenvalue weighted by molar-refractivity contribution is -0.440. The Morgan fingerprint density at radius 1 is 0.240 bits per heavy atom. The maximum atomic E-state index is 13.6. The predicted octanol–water partition coefficient (Wildman–Crippen LogP) is 10.8. The van der Waals surface area contributed by atoms with Gasteiger partial charge in [-0.25, -0.2) is 0 Å². The molecule has 0 aliphatic heterocycles. The molecule has 0 bridgehead atoms. The highest BCUT2D eigenvalue weighted by molar-refractivity contribution is 5.11. The maximum Gasteiger partial charge on any atom is 0.460 e. The second-order valence-electron chi connectivity index (χ2n) is 10.1. The summed E-state index contributed by atoms with van der Waals surface area (Å²) in [5.41, 5.74) is 0. The zero-order valence-corrected chi connectivity index (χ0v) is 23.7. The molecule has 28 heteroatoms. The van der Waals surface area contributed by atoms with Gasteiger partial charge in [-0.2, -0.15) is 114 Å². The molecule has 0 aromatic rings. The van der Waals surface area contributed by atoms with Crippen molar-refractivity contribution in [3.8, 4) is 0 Å². The van der Waals surface area contributed by atoms with E-state index < -0.39 is 111 Å². The number of hydrogen-bond acceptors (Lipinski definition) is 2. The van der Waals surface area contributed by atoms with Crippen molar-refractivity contribution >= 4 is 0 Å². The van der Waals surface area contributed by atoms with E-state index in [-0.39, 0.29) is 25.7 Å². The Hall–Kier alpha value is -1.90. The second kappa shape index (κ2) is 14.9. The van der Waals surface area contributed by atoms with E-state index in [4.69, 9.17) is 0 Å². The zero-order valence-electron chi connectivity index (χ0n) is 23.7. The van der Waals surface area contributed by atoms with Gasteiger partial charge in [-0.15, -0.1) is 0 Å². The van der Waals surface area contributed by atoms with Crippen molar-refractivity contribution in [2.45, 2.75) is 110 Å². The smallest absolute Gasteiger partial charge is 0.381 e. The van der Waals surface area contributed by atoms with Crippen LogP contribution in [0.2, 0.25) is 0 Å². The fourth-order valence-electron chi connectivity index (χ4n) is 3.28. The quantitative estimate of drug-likeness (QED) is 0.0849. The molecule has 0 aromatic carbocycles. The Balaban J connectivity index is 4.82. The largest absolute Gasteiger partial charge is 0.460 e. The molecule has 0 fully saturated rings. The summed E-state index contributed by atoms with van der Waals surface area (Å²) in [4.78, 5) is 0. The Kier molecular flexibility index (Phi) is 14.3. The summed E-state index contributed by atoms with van der Waals surface area (Å²) in [7, 11) is 0. The maximum absolute atomic E-state index is 13.6. The lowest BCUT2D eigenvalue weighted by Gasteiger charge is -2.39.